The Hall–Kier alpha value is -1.26. The van der Waals surface area contributed by atoms with E-state index in [0.717, 1.165) is 24.3 Å². The molecule has 4 heteroatoms. The molecule has 1 heterocycles. The van der Waals surface area contributed by atoms with E-state index in [9.17, 15) is 0 Å². The summed E-state index contributed by atoms with van der Waals surface area (Å²) in [5, 5.41) is 10.8. The van der Waals surface area contributed by atoms with Gasteiger partial charge in [-0.15, -0.1) is 21.5 Å². The molecular formula is C14H17N3S. The van der Waals surface area contributed by atoms with Crippen LogP contribution in [0.25, 0.3) is 0 Å². The van der Waals surface area contributed by atoms with E-state index < -0.39 is 0 Å². The second kappa shape index (κ2) is 5.16. The quantitative estimate of drug-likeness (QED) is 0.920. The van der Waals surface area contributed by atoms with Gasteiger partial charge in [0.1, 0.15) is 10.0 Å². The molecule has 1 aromatic carbocycles. The van der Waals surface area contributed by atoms with Crippen LogP contribution in [-0.2, 0) is 19.3 Å². The summed E-state index contributed by atoms with van der Waals surface area (Å²) in [6.07, 6.45) is 4.30. The van der Waals surface area contributed by atoms with Crippen molar-refractivity contribution in [3.05, 3.63) is 45.4 Å². The maximum atomic E-state index is 5.55. The first-order chi connectivity index (χ1) is 8.86. The molecule has 2 N–H and O–H groups in total. The van der Waals surface area contributed by atoms with E-state index in [1.807, 2.05) is 0 Å². The van der Waals surface area contributed by atoms with Gasteiger partial charge < -0.3 is 5.73 Å². The fraction of sp³-hybridized carbons (Fsp3) is 0.429. The van der Waals surface area contributed by atoms with Crippen LogP contribution in [0.2, 0.25) is 0 Å². The molecule has 0 saturated carbocycles. The molecule has 3 nitrogen and oxygen atoms in total. The van der Waals surface area contributed by atoms with Gasteiger partial charge in [0.05, 0.1) is 0 Å². The van der Waals surface area contributed by atoms with E-state index in [-0.39, 0.29) is 0 Å². The largest absolute Gasteiger partial charge is 0.330 e. The van der Waals surface area contributed by atoms with E-state index in [4.69, 9.17) is 5.73 Å². The third-order valence-corrected chi connectivity index (χ3v) is 4.68. The minimum atomic E-state index is 0.545. The summed E-state index contributed by atoms with van der Waals surface area (Å²) in [7, 11) is 0. The van der Waals surface area contributed by atoms with Gasteiger partial charge in [-0.2, -0.15) is 0 Å². The van der Waals surface area contributed by atoms with Crippen LogP contribution < -0.4 is 5.73 Å². The molecule has 3 rings (SSSR count). The minimum absolute atomic E-state index is 0.545. The first-order valence-corrected chi connectivity index (χ1v) is 7.27. The molecule has 1 aliphatic rings. The highest BCUT2D eigenvalue weighted by Crippen LogP contribution is 2.33. The van der Waals surface area contributed by atoms with Gasteiger partial charge in [-0.05, 0) is 36.9 Å². The summed E-state index contributed by atoms with van der Waals surface area (Å²) >= 11 is 1.74. The normalized spacial score (nSPS) is 18.6. The molecule has 0 spiro atoms. The van der Waals surface area contributed by atoms with Gasteiger partial charge in [-0.25, -0.2) is 0 Å². The molecule has 0 bridgehead atoms. The van der Waals surface area contributed by atoms with Crippen molar-refractivity contribution in [2.24, 2.45) is 5.73 Å². The highest BCUT2D eigenvalue weighted by molar-refractivity contribution is 7.11. The monoisotopic (exact) mass is 259 g/mol. The van der Waals surface area contributed by atoms with Crippen LogP contribution in [0.4, 0.5) is 0 Å². The lowest BCUT2D eigenvalue weighted by atomic mass is 9.84. The van der Waals surface area contributed by atoms with Crippen molar-refractivity contribution in [1.82, 2.24) is 10.2 Å². The zero-order valence-electron chi connectivity index (χ0n) is 10.3. The molecule has 0 aliphatic heterocycles. The van der Waals surface area contributed by atoms with Gasteiger partial charge >= 0.3 is 0 Å². The molecule has 1 aliphatic carbocycles. The fourth-order valence-electron chi connectivity index (χ4n) is 2.56. The summed E-state index contributed by atoms with van der Waals surface area (Å²) in [6.45, 7) is 0.655. The molecule has 18 heavy (non-hydrogen) atoms. The van der Waals surface area contributed by atoms with Crippen LogP contribution in [0.1, 0.15) is 33.5 Å². The van der Waals surface area contributed by atoms with Crippen molar-refractivity contribution >= 4 is 11.3 Å². The molecular weight excluding hydrogens is 242 g/mol. The van der Waals surface area contributed by atoms with Gasteiger partial charge in [0.15, 0.2) is 0 Å². The standard InChI is InChI=1S/C14H17N3S/c15-8-7-13-16-17-14(18-13)12-6-5-10-3-1-2-4-11(10)9-12/h1-4,12H,5-9,15H2. The van der Waals surface area contributed by atoms with Crippen molar-refractivity contribution in [3.63, 3.8) is 0 Å². The van der Waals surface area contributed by atoms with Crippen molar-refractivity contribution in [2.45, 2.75) is 31.6 Å². The number of fused-ring (bicyclic) bond motifs is 1. The van der Waals surface area contributed by atoms with Crippen LogP contribution in [0.5, 0.6) is 0 Å². The lowest BCUT2D eigenvalue weighted by Gasteiger charge is -2.22. The Morgan fingerprint density at radius 3 is 2.89 bits per heavy atom. The maximum absolute atomic E-state index is 5.55. The molecule has 94 valence electrons. The number of nitrogens with two attached hydrogens (primary N) is 1. The number of aromatic nitrogens is 2. The number of nitrogens with zero attached hydrogens (tertiary/aromatic N) is 2. The van der Waals surface area contributed by atoms with Gasteiger partial charge in [0.25, 0.3) is 0 Å². The van der Waals surface area contributed by atoms with E-state index in [1.54, 1.807) is 11.3 Å². The highest BCUT2D eigenvalue weighted by Gasteiger charge is 2.22. The number of hydrogen-bond acceptors (Lipinski definition) is 4. The molecule has 1 unspecified atom stereocenters. The van der Waals surface area contributed by atoms with E-state index in [1.165, 1.54) is 22.6 Å². The zero-order valence-corrected chi connectivity index (χ0v) is 11.1. The van der Waals surface area contributed by atoms with E-state index in [0.29, 0.717) is 12.5 Å². The first kappa shape index (κ1) is 11.8. The lowest BCUT2D eigenvalue weighted by Crippen LogP contribution is -2.12. The predicted octanol–water partition coefficient (Wildman–Crippen LogP) is 2.31. The summed E-state index contributed by atoms with van der Waals surface area (Å²) in [4.78, 5) is 0. The first-order valence-electron chi connectivity index (χ1n) is 6.46. The maximum Gasteiger partial charge on any atom is 0.120 e. The van der Waals surface area contributed by atoms with Crippen molar-refractivity contribution in [2.75, 3.05) is 6.54 Å². The van der Waals surface area contributed by atoms with Crippen LogP contribution in [0.15, 0.2) is 24.3 Å². The van der Waals surface area contributed by atoms with Crippen LogP contribution in [0, 0.1) is 0 Å². The van der Waals surface area contributed by atoms with Crippen LogP contribution in [0.3, 0.4) is 0 Å². The zero-order chi connectivity index (χ0) is 12.4. The van der Waals surface area contributed by atoms with Crippen LogP contribution in [-0.4, -0.2) is 16.7 Å². The second-order valence-corrected chi connectivity index (χ2v) is 5.87. The molecule has 0 fully saturated rings. The van der Waals surface area contributed by atoms with Gasteiger partial charge in [-0.3, -0.25) is 0 Å². The average Bonchev–Trinajstić information content (AvgIpc) is 2.87. The SMILES string of the molecule is NCCc1nnc(C2CCc3ccccc3C2)s1. The Balaban J connectivity index is 1.78. The van der Waals surface area contributed by atoms with Gasteiger partial charge in [-0.1, -0.05) is 24.3 Å². The Kier molecular flexibility index (Phi) is 3.39. The highest BCUT2D eigenvalue weighted by atomic mass is 32.1. The van der Waals surface area contributed by atoms with E-state index >= 15 is 0 Å². The molecule has 1 atom stereocenters. The molecule has 0 radical (unpaired) electrons. The summed E-state index contributed by atoms with van der Waals surface area (Å²) < 4.78 is 0. The molecule has 0 saturated heterocycles. The lowest BCUT2D eigenvalue weighted by molar-refractivity contribution is 0.577. The van der Waals surface area contributed by atoms with Crippen molar-refractivity contribution in [1.29, 1.82) is 0 Å². The van der Waals surface area contributed by atoms with E-state index in [2.05, 4.69) is 34.5 Å². The van der Waals surface area contributed by atoms with Gasteiger partial charge in [0, 0.05) is 12.3 Å². The summed E-state index contributed by atoms with van der Waals surface area (Å²) in [5.41, 5.74) is 8.53. The Bertz CT molecular complexity index is 535. The third kappa shape index (κ3) is 2.31. The summed E-state index contributed by atoms with van der Waals surface area (Å²) in [5.74, 6) is 0.545. The van der Waals surface area contributed by atoms with Crippen LogP contribution >= 0.6 is 11.3 Å². The topological polar surface area (TPSA) is 51.8 Å². The molecule has 0 amide bonds. The third-order valence-electron chi connectivity index (χ3n) is 3.54. The fourth-order valence-corrected chi connectivity index (χ4v) is 3.56. The second-order valence-electron chi connectivity index (χ2n) is 4.78. The van der Waals surface area contributed by atoms with Gasteiger partial charge in [0.2, 0.25) is 0 Å². The number of benzene rings is 1. The molecule has 2 aromatic rings. The minimum Gasteiger partial charge on any atom is -0.330 e. The summed E-state index contributed by atoms with van der Waals surface area (Å²) in [6, 6.07) is 8.74. The predicted molar refractivity (Wildman–Crippen MR) is 73.9 cm³/mol. The smallest absolute Gasteiger partial charge is 0.120 e. The molecule has 1 aromatic heterocycles. The van der Waals surface area contributed by atoms with Crippen molar-refractivity contribution in [3.8, 4) is 0 Å². The Morgan fingerprint density at radius 1 is 1.22 bits per heavy atom. The van der Waals surface area contributed by atoms with Crippen molar-refractivity contribution < 1.29 is 0 Å². The Labute approximate surface area is 111 Å². The number of rotatable bonds is 3. The average molecular weight is 259 g/mol. The Morgan fingerprint density at radius 2 is 2.06 bits per heavy atom. The number of hydrogen-bond donors (Lipinski definition) is 1. The number of aryl methyl sites for hydroxylation is 1.